The molecule has 0 amide bonds. The fourth-order valence-electron chi connectivity index (χ4n) is 2.65. The molecule has 6 nitrogen and oxygen atoms in total. The van der Waals surface area contributed by atoms with Gasteiger partial charge in [0.15, 0.2) is 0 Å². The zero-order chi connectivity index (χ0) is 14.8. The highest BCUT2D eigenvalue weighted by molar-refractivity contribution is 7.15. The third-order valence-corrected chi connectivity index (χ3v) is 4.73. The Balaban J connectivity index is 1.61. The minimum atomic E-state index is -0.0113. The Morgan fingerprint density at radius 1 is 1.24 bits per heavy atom. The van der Waals surface area contributed by atoms with Gasteiger partial charge in [-0.2, -0.15) is 5.10 Å². The Morgan fingerprint density at radius 3 is 2.67 bits per heavy atom. The highest BCUT2D eigenvalue weighted by Gasteiger charge is 2.22. The summed E-state index contributed by atoms with van der Waals surface area (Å²) in [5.41, 5.74) is 0.874. The van der Waals surface area contributed by atoms with Gasteiger partial charge in [-0.15, -0.1) is 10.2 Å². The van der Waals surface area contributed by atoms with Crippen LogP contribution in [0.1, 0.15) is 23.5 Å². The normalized spacial score (nSPS) is 16.4. The van der Waals surface area contributed by atoms with Crippen LogP contribution < -0.4 is 10.5 Å². The Kier molecular flexibility index (Phi) is 4.01. The summed E-state index contributed by atoms with van der Waals surface area (Å²) in [7, 11) is 0. The lowest BCUT2D eigenvalue weighted by Crippen LogP contribution is -2.36. The maximum absolute atomic E-state index is 11.8. The van der Waals surface area contributed by atoms with Crippen molar-refractivity contribution in [1.29, 1.82) is 0 Å². The van der Waals surface area contributed by atoms with Crippen molar-refractivity contribution in [3.8, 4) is 0 Å². The molecule has 1 saturated heterocycles. The predicted molar refractivity (Wildman–Crippen MR) is 82.8 cm³/mol. The number of aromatic nitrogens is 4. The SMILES string of the molecule is Cc1ccc(=O)n(CC2CCN(c3nnc(C)s3)CC2)n1. The largest absolute Gasteiger partial charge is 0.347 e. The molecular weight excluding hydrogens is 286 g/mol. The minimum absolute atomic E-state index is 0.0113. The first kappa shape index (κ1) is 14.2. The van der Waals surface area contributed by atoms with Crippen molar-refractivity contribution in [1.82, 2.24) is 20.0 Å². The topological polar surface area (TPSA) is 63.9 Å². The molecule has 0 aliphatic carbocycles. The van der Waals surface area contributed by atoms with E-state index in [0.29, 0.717) is 12.5 Å². The maximum atomic E-state index is 11.8. The summed E-state index contributed by atoms with van der Waals surface area (Å²) in [6.07, 6.45) is 2.11. The van der Waals surface area contributed by atoms with E-state index in [1.165, 1.54) is 0 Å². The molecule has 0 unspecified atom stereocenters. The van der Waals surface area contributed by atoms with E-state index in [4.69, 9.17) is 0 Å². The maximum Gasteiger partial charge on any atom is 0.266 e. The van der Waals surface area contributed by atoms with E-state index in [9.17, 15) is 4.79 Å². The fourth-order valence-corrected chi connectivity index (χ4v) is 3.39. The lowest BCUT2D eigenvalue weighted by molar-refractivity contribution is 0.334. The highest BCUT2D eigenvalue weighted by atomic mass is 32.1. The Bertz CT molecular complexity index is 672. The van der Waals surface area contributed by atoms with Crippen LogP contribution in [0, 0.1) is 19.8 Å². The van der Waals surface area contributed by atoms with Gasteiger partial charge >= 0.3 is 0 Å². The molecular formula is C14H19N5OS. The zero-order valence-corrected chi connectivity index (χ0v) is 13.1. The summed E-state index contributed by atoms with van der Waals surface area (Å²) >= 11 is 1.64. The molecule has 1 aliphatic rings. The number of piperidine rings is 1. The molecule has 2 aromatic rings. The third-order valence-electron chi connectivity index (χ3n) is 3.83. The van der Waals surface area contributed by atoms with Crippen molar-refractivity contribution in [2.45, 2.75) is 33.2 Å². The molecule has 0 spiro atoms. The monoisotopic (exact) mass is 305 g/mol. The van der Waals surface area contributed by atoms with Crippen LogP contribution in [-0.4, -0.2) is 33.1 Å². The standard InChI is InChI=1S/C14H19N5OS/c1-10-3-4-13(20)19(17-10)9-12-5-7-18(8-6-12)14-16-15-11(2)21-14/h3-4,12H,5-9H2,1-2H3. The van der Waals surface area contributed by atoms with Crippen molar-refractivity contribution < 1.29 is 0 Å². The van der Waals surface area contributed by atoms with Crippen LogP contribution in [0.3, 0.4) is 0 Å². The van der Waals surface area contributed by atoms with E-state index in [0.717, 1.165) is 41.8 Å². The van der Waals surface area contributed by atoms with E-state index >= 15 is 0 Å². The fraction of sp³-hybridized carbons (Fsp3) is 0.571. The van der Waals surface area contributed by atoms with Crippen LogP contribution in [0.4, 0.5) is 5.13 Å². The van der Waals surface area contributed by atoms with Gasteiger partial charge in [-0.3, -0.25) is 4.79 Å². The number of anilines is 1. The number of rotatable bonds is 3. The van der Waals surface area contributed by atoms with Gasteiger partial charge in [0.2, 0.25) is 5.13 Å². The molecule has 3 rings (SSSR count). The summed E-state index contributed by atoms with van der Waals surface area (Å²) in [5.74, 6) is 0.502. The Labute approximate surface area is 127 Å². The zero-order valence-electron chi connectivity index (χ0n) is 12.3. The first-order valence-electron chi connectivity index (χ1n) is 7.21. The minimum Gasteiger partial charge on any atom is -0.347 e. The Hall–Kier alpha value is -1.76. The molecule has 7 heteroatoms. The van der Waals surface area contributed by atoms with Crippen LogP contribution in [0.15, 0.2) is 16.9 Å². The molecule has 0 saturated carbocycles. The second-order valence-corrected chi connectivity index (χ2v) is 6.69. The van der Waals surface area contributed by atoms with Gasteiger partial charge in [0.25, 0.3) is 5.56 Å². The average molecular weight is 305 g/mol. The van der Waals surface area contributed by atoms with Crippen molar-refractivity contribution in [3.05, 3.63) is 33.2 Å². The van der Waals surface area contributed by atoms with E-state index in [2.05, 4.69) is 20.2 Å². The first-order chi connectivity index (χ1) is 10.1. The van der Waals surface area contributed by atoms with Gasteiger partial charge in [-0.25, -0.2) is 4.68 Å². The van der Waals surface area contributed by atoms with Gasteiger partial charge in [0, 0.05) is 25.7 Å². The van der Waals surface area contributed by atoms with Crippen LogP contribution in [0.2, 0.25) is 0 Å². The van der Waals surface area contributed by atoms with E-state index in [1.54, 1.807) is 28.2 Å². The number of nitrogens with zero attached hydrogens (tertiary/aromatic N) is 5. The summed E-state index contributed by atoms with van der Waals surface area (Å²) in [6, 6.07) is 3.36. The van der Waals surface area contributed by atoms with Crippen molar-refractivity contribution in [2.24, 2.45) is 5.92 Å². The van der Waals surface area contributed by atoms with Gasteiger partial charge in [-0.05, 0) is 38.7 Å². The highest BCUT2D eigenvalue weighted by Crippen LogP contribution is 2.26. The summed E-state index contributed by atoms with van der Waals surface area (Å²) < 4.78 is 1.60. The molecule has 2 aromatic heterocycles. The molecule has 0 aromatic carbocycles. The lowest BCUT2D eigenvalue weighted by Gasteiger charge is -2.31. The van der Waals surface area contributed by atoms with Crippen molar-refractivity contribution in [2.75, 3.05) is 18.0 Å². The second-order valence-electron chi connectivity index (χ2n) is 5.53. The lowest BCUT2D eigenvalue weighted by atomic mass is 9.97. The van der Waals surface area contributed by atoms with E-state index in [-0.39, 0.29) is 5.56 Å². The summed E-state index contributed by atoms with van der Waals surface area (Å²) in [6.45, 7) is 6.54. The van der Waals surface area contributed by atoms with Crippen molar-refractivity contribution in [3.63, 3.8) is 0 Å². The first-order valence-corrected chi connectivity index (χ1v) is 8.03. The third kappa shape index (κ3) is 3.29. The molecule has 0 bridgehead atoms. The van der Waals surface area contributed by atoms with Gasteiger partial charge in [0.05, 0.1) is 5.69 Å². The molecule has 0 radical (unpaired) electrons. The second kappa shape index (κ2) is 5.93. The summed E-state index contributed by atoms with van der Waals surface area (Å²) in [5, 5.41) is 14.6. The molecule has 112 valence electrons. The average Bonchev–Trinajstić information content (AvgIpc) is 2.90. The Morgan fingerprint density at radius 2 is 2.00 bits per heavy atom. The van der Waals surface area contributed by atoms with Gasteiger partial charge in [0.1, 0.15) is 5.01 Å². The van der Waals surface area contributed by atoms with E-state index in [1.807, 2.05) is 13.8 Å². The van der Waals surface area contributed by atoms with Gasteiger partial charge in [-0.1, -0.05) is 11.3 Å². The van der Waals surface area contributed by atoms with Crippen LogP contribution >= 0.6 is 11.3 Å². The molecule has 0 N–H and O–H groups in total. The van der Waals surface area contributed by atoms with Gasteiger partial charge < -0.3 is 4.90 Å². The van der Waals surface area contributed by atoms with Crippen LogP contribution in [-0.2, 0) is 6.54 Å². The van der Waals surface area contributed by atoms with Crippen LogP contribution in [0.25, 0.3) is 0 Å². The van der Waals surface area contributed by atoms with E-state index < -0.39 is 0 Å². The molecule has 1 fully saturated rings. The smallest absolute Gasteiger partial charge is 0.266 e. The predicted octanol–water partition coefficient (Wildman–Crippen LogP) is 1.63. The molecule has 3 heterocycles. The molecule has 21 heavy (non-hydrogen) atoms. The summed E-state index contributed by atoms with van der Waals surface area (Å²) in [4.78, 5) is 14.1. The quantitative estimate of drug-likeness (QED) is 0.862. The van der Waals surface area contributed by atoms with Crippen molar-refractivity contribution >= 4 is 16.5 Å². The molecule has 0 atom stereocenters. The number of aryl methyl sites for hydroxylation is 2. The van der Waals surface area contributed by atoms with Crippen LogP contribution in [0.5, 0.6) is 0 Å². The molecule has 1 aliphatic heterocycles. The number of hydrogen-bond donors (Lipinski definition) is 0. The number of hydrogen-bond acceptors (Lipinski definition) is 6.